The van der Waals surface area contributed by atoms with Crippen molar-refractivity contribution in [3.63, 3.8) is 0 Å². The lowest BCUT2D eigenvalue weighted by molar-refractivity contribution is -0.576. The second-order valence-electron chi connectivity index (χ2n) is 10.8. The summed E-state index contributed by atoms with van der Waals surface area (Å²) in [6.45, 7) is 13.5. The topological polar surface area (TPSA) is 66.5 Å². The van der Waals surface area contributed by atoms with Gasteiger partial charge in [0.15, 0.2) is 11.9 Å². The lowest BCUT2D eigenvalue weighted by Gasteiger charge is -2.59. The van der Waals surface area contributed by atoms with E-state index in [1.807, 2.05) is 31.2 Å². The van der Waals surface area contributed by atoms with Crippen LogP contribution < -0.4 is 0 Å². The van der Waals surface area contributed by atoms with E-state index in [2.05, 4.69) is 32.6 Å². The van der Waals surface area contributed by atoms with Crippen LogP contribution in [0.3, 0.4) is 0 Å². The van der Waals surface area contributed by atoms with Crippen LogP contribution in [0.5, 0.6) is 0 Å². The van der Waals surface area contributed by atoms with Crippen LogP contribution in [0.1, 0.15) is 76.2 Å². The first-order valence-electron chi connectivity index (χ1n) is 13.0. The van der Waals surface area contributed by atoms with E-state index in [0.717, 1.165) is 45.3 Å². The monoisotopic (exact) mass is 473 g/mol. The third-order valence-corrected chi connectivity index (χ3v) is 8.81. The molecule has 188 valence electrons. The number of hydrogen-bond acceptors (Lipinski definition) is 7. The highest BCUT2D eigenvalue weighted by molar-refractivity contribution is 5.89. The Balaban J connectivity index is 1.33. The summed E-state index contributed by atoms with van der Waals surface area (Å²) in [5.74, 6) is -0.330. The van der Waals surface area contributed by atoms with E-state index in [-0.39, 0.29) is 23.7 Å². The molecule has 8 atom stereocenters. The van der Waals surface area contributed by atoms with Gasteiger partial charge in [0.05, 0.1) is 5.56 Å². The summed E-state index contributed by atoms with van der Waals surface area (Å²) in [6, 6.07) is 7.69. The van der Waals surface area contributed by atoms with Crippen molar-refractivity contribution in [3.05, 3.63) is 35.4 Å². The standard InChI is InChI=1S/C27H39NO6/c1-6-28(7-2)16-19-9-11-20(12-10-19)23(29)30-24-18(4)22-13-8-17(3)21-14-15-26(5)32-25(31-24)27(21,22)34-33-26/h9-12,17-18,21-22,24-25H,6-8,13-16H2,1-5H3/t17-,18-,21?,22?,24-,25-,26+,27-/m1/s1. The zero-order valence-corrected chi connectivity index (χ0v) is 21.1. The number of fused-ring (bicyclic) bond motifs is 2. The van der Waals surface area contributed by atoms with Gasteiger partial charge in [-0.25, -0.2) is 14.6 Å². The van der Waals surface area contributed by atoms with E-state index >= 15 is 0 Å². The quantitative estimate of drug-likeness (QED) is 0.430. The molecule has 1 aromatic carbocycles. The van der Waals surface area contributed by atoms with Gasteiger partial charge in [0, 0.05) is 24.8 Å². The predicted molar refractivity (Wildman–Crippen MR) is 125 cm³/mol. The van der Waals surface area contributed by atoms with Crippen LogP contribution in [0, 0.1) is 23.7 Å². The Labute approximate surface area is 202 Å². The van der Waals surface area contributed by atoms with Crippen molar-refractivity contribution in [2.75, 3.05) is 13.1 Å². The first kappa shape index (κ1) is 24.2. The summed E-state index contributed by atoms with van der Waals surface area (Å²) in [4.78, 5) is 27.4. The third kappa shape index (κ3) is 3.99. The summed E-state index contributed by atoms with van der Waals surface area (Å²) in [5.41, 5.74) is 1.06. The summed E-state index contributed by atoms with van der Waals surface area (Å²) in [7, 11) is 0. The molecule has 7 nitrogen and oxygen atoms in total. The molecule has 0 aromatic heterocycles. The SMILES string of the molecule is CCN(CC)Cc1ccc(C(=O)O[C@@H]2O[C@@H]3O[C@]4(C)CCC5[C@H](C)CCC([C@H]2C)[C@]53OO4)cc1. The highest BCUT2D eigenvalue weighted by atomic mass is 17.3. The van der Waals surface area contributed by atoms with Gasteiger partial charge < -0.3 is 14.2 Å². The molecule has 7 heteroatoms. The average molecular weight is 474 g/mol. The summed E-state index contributed by atoms with van der Waals surface area (Å²) in [6.07, 6.45) is 2.51. The lowest BCUT2D eigenvalue weighted by atomic mass is 9.58. The fraction of sp³-hybridized carbons (Fsp3) is 0.741. The summed E-state index contributed by atoms with van der Waals surface area (Å²) < 4.78 is 18.7. The lowest BCUT2D eigenvalue weighted by Crippen LogP contribution is -2.70. The molecule has 0 radical (unpaired) electrons. The molecule has 0 amide bonds. The normalized spacial score (nSPS) is 41.1. The van der Waals surface area contributed by atoms with Gasteiger partial charge in [-0.3, -0.25) is 4.90 Å². The van der Waals surface area contributed by atoms with Crippen LogP contribution in [0.15, 0.2) is 24.3 Å². The van der Waals surface area contributed by atoms with Crippen molar-refractivity contribution in [1.29, 1.82) is 0 Å². The predicted octanol–water partition coefficient (Wildman–Crippen LogP) is 4.89. The van der Waals surface area contributed by atoms with Gasteiger partial charge in [-0.1, -0.05) is 39.8 Å². The van der Waals surface area contributed by atoms with Crippen LogP contribution in [-0.2, 0) is 30.5 Å². The number of carbonyl (C=O) groups is 1. The van der Waals surface area contributed by atoms with Gasteiger partial charge in [0.2, 0.25) is 12.1 Å². The van der Waals surface area contributed by atoms with Crippen LogP contribution in [0.2, 0.25) is 0 Å². The number of hydrogen-bond donors (Lipinski definition) is 0. The minimum absolute atomic E-state index is 0.0354. The molecule has 6 rings (SSSR count). The Kier molecular flexibility index (Phi) is 6.53. The van der Waals surface area contributed by atoms with E-state index in [0.29, 0.717) is 11.5 Å². The van der Waals surface area contributed by atoms with Crippen molar-refractivity contribution in [3.8, 4) is 0 Å². The Morgan fingerprint density at radius 2 is 1.79 bits per heavy atom. The maximum absolute atomic E-state index is 13.1. The van der Waals surface area contributed by atoms with Crippen LogP contribution in [0.25, 0.3) is 0 Å². The van der Waals surface area contributed by atoms with Crippen molar-refractivity contribution in [2.24, 2.45) is 23.7 Å². The Hall–Kier alpha value is -1.51. The van der Waals surface area contributed by atoms with Gasteiger partial charge in [-0.2, -0.15) is 0 Å². The highest BCUT2D eigenvalue weighted by Crippen LogP contribution is 2.60. The van der Waals surface area contributed by atoms with Gasteiger partial charge in [-0.15, -0.1) is 0 Å². The average Bonchev–Trinajstić information content (AvgIpc) is 3.07. The number of esters is 1. The van der Waals surface area contributed by atoms with E-state index in [9.17, 15) is 4.79 Å². The third-order valence-electron chi connectivity index (χ3n) is 8.81. The number of benzene rings is 1. The number of ether oxygens (including phenoxy) is 3. The maximum Gasteiger partial charge on any atom is 0.340 e. The molecule has 4 heterocycles. The zero-order valence-electron chi connectivity index (χ0n) is 21.1. The fourth-order valence-corrected chi connectivity index (χ4v) is 6.63. The zero-order chi connectivity index (χ0) is 24.1. The molecule has 1 aromatic rings. The second kappa shape index (κ2) is 9.17. The van der Waals surface area contributed by atoms with E-state index in [1.54, 1.807) is 0 Å². The van der Waals surface area contributed by atoms with Crippen molar-refractivity contribution in [2.45, 2.75) is 90.8 Å². The molecule has 4 aliphatic heterocycles. The largest absolute Gasteiger partial charge is 0.432 e. The van der Waals surface area contributed by atoms with E-state index < -0.39 is 24.0 Å². The van der Waals surface area contributed by atoms with Crippen LogP contribution in [0.4, 0.5) is 0 Å². The Bertz CT molecular complexity index is 888. The molecule has 2 unspecified atom stereocenters. The minimum Gasteiger partial charge on any atom is -0.432 e. The molecule has 5 aliphatic rings. The molecular formula is C27H39NO6. The van der Waals surface area contributed by atoms with Crippen LogP contribution >= 0.6 is 0 Å². The molecular weight excluding hydrogens is 434 g/mol. The van der Waals surface area contributed by atoms with Gasteiger partial charge in [-0.05, 0) is 68.8 Å². The molecule has 34 heavy (non-hydrogen) atoms. The minimum atomic E-state index is -0.840. The second-order valence-corrected chi connectivity index (χ2v) is 10.8. The molecule has 4 saturated heterocycles. The number of nitrogens with zero attached hydrogens (tertiary/aromatic N) is 1. The maximum atomic E-state index is 13.1. The molecule has 1 aliphatic carbocycles. The Morgan fingerprint density at radius 1 is 1.06 bits per heavy atom. The Morgan fingerprint density at radius 3 is 2.50 bits per heavy atom. The fourth-order valence-electron chi connectivity index (χ4n) is 6.63. The first-order valence-corrected chi connectivity index (χ1v) is 13.0. The van der Waals surface area contributed by atoms with E-state index in [4.69, 9.17) is 24.0 Å². The van der Waals surface area contributed by atoms with Gasteiger partial charge in [0.25, 0.3) is 0 Å². The smallest absolute Gasteiger partial charge is 0.340 e. The summed E-state index contributed by atoms with van der Waals surface area (Å²) >= 11 is 0. The van der Waals surface area contributed by atoms with Crippen molar-refractivity contribution >= 4 is 5.97 Å². The van der Waals surface area contributed by atoms with Gasteiger partial charge >= 0.3 is 5.97 Å². The van der Waals surface area contributed by atoms with Crippen molar-refractivity contribution in [1.82, 2.24) is 4.90 Å². The number of rotatable bonds is 6. The van der Waals surface area contributed by atoms with Crippen LogP contribution in [-0.4, -0.2) is 47.9 Å². The summed E-state index contributed by atoms with van der Waals surface area (Å²) in [5, 5.41) is 0. The molecule has 1 saturated carbocycles. The van der Waals surface area contributed by atoms with Crippen molar-refractivity contribution < 1.29 is 28.8 Å². The highest BCUT2D eigenvalue weighted by Gasteiger charge is 2.69. The molecule has 5 fully saturated rings. The number of carbonyl (C=O) groups excluding carboxylic acids is 1. The van der Waals surface area contributed by atoms with E-state index in [1.165, 1.54) is 5.56 Å². The van der Waals surface area contributed by atoms with Gasteiger partial charge in [0.1, 0.15) is 0 Å². The molecule has 1 spiro atoms. The first-order chi connectivity index (χ1) is 16.3. The molecule has 2 bridgehead atoms. The molecule has 0 N–H and O–H groups in total.